The van der Waals surface area contributed by atoms with Gasteiger partial charge in [0.15, 0.2) is 0 Å². The lowest BCUT2D eigenvalue weighted by Crippen LogP contribution is -1.94. The smallest absolute Gasteiger partial charge is 0.0571 e. The van der Waals surface area contributed by atoms with Crippen LogP contribution in [0.3, 0.4) is 0 Å². The summed E-state index contributed by atoms with van der Waals surface area (Å²) in [6, 6.07) is 38.9. The Balaban J connectivity index is 0.00000130. The van der Waals surface area contributed by atoms with Crippen molar-refractivity contribution in [1.82, 2.24) is 19.1 Å². The number of para-hydroxylation sites is 2. The molecule has 0 saturated heterocycles. The van der Waals surface area contributed by atoms with Gasteiger partial charge in [0.05, 0.1) is 22.1 Å². The molecule has 0 unspecified atom stereocenters. The molecular formula is C36H28N4. The maximum Gasteiger partial charge on any atom is 0.0571 e. The van der Waals surface area contributed by atoms with Gasteiger partial charge >= 0.3 is 0 Å². The number of benzene rings is 4. The SMILES string of the molecule is CC.c1ccc2c(c1)c1cnccc1n2-c1ccc(-c2ccc(-n3c4ccccc4c4cnccc43)cc2)cc1. The van der Waals surface area contributed by atoms with Crippen LogP contribution in [0.2, 0.25) is 0 Å². The lowest BCUT2D eigenvalue weighted by Gasteiger charge is -2.11. The molecule has 0 spiro atoms. The third kappa shape index (κ3) is 3.69. The summed E-state index contributed by atoms with van der Waals surface area (Å²) in [7, 11) is 0. The van der Waals surface area contributed by atoms with E-state index in [1.54, 1.807) is 0 Å². The highest BCUT2D eigenvalue weighted by atomic mass is 15.0. The number of hydrogen-bond donors (Lipinski definition) is 0. The van der Waals surface area contributed by atoms with E-state index < -0.39 is 0 Å². The molecule has 0 radical (unpaired) electrons. The Bertz CT molecular complexity index is 1850. The zero-order valence-corrected chi connectivity index (χ0v) is 22.5. The van der Waals surface area contributed by atoms with E-state index in [0.29, 0.717) is 0 Å². The van der Waals surface area contributed by atoms with Gasteiger partial charge in [-0.05, 0) is 59.7 Å². The van der Waals surface area contributed by atoms with Crippen LogP contribution in [0.15, 0.2) is 134 Å². The molecule has 0 fully saturated rings. The van der Waals surface area contributed by atoms with E-state index in [-0.39, 0.29) is 0 Å². The van der Waals surface area contributed by atoms with Crippen LogP contribution < -0.4 is 0 Å². The number of pyridine rings is 2. The molecule has 4 nitrogen and oxygen atoms in total. The van der Waals surface area contributed by atoms with E-state index in [9.17, 15) is 0 Å². The first-order valence-electron chi connectivity index (χ1n) is 13.7. The number of nitrogens with zero attached hydrogens (tertiary/aromatic N) is 4. The fourth-order valence-corrected chi connectivity index (χ4v) is 5.79. The first-order chi connectivity index (χ1) is 19.9. The molecule has 192 valence electrons. The first-order valence-corrected chi connectivity index (χ1v) is 13.7. The fraction of sp³-hybridized carbons (Fsp3) is 0.0556. The van der Waals surface area contributed by atoms with Crippen molar-refractivity contribution in [2.24, 2.45) is 0 Å². The summed E-state index contributed by atoms with van der Waals surface area (Å²) < 4.78 is 4.63. The average Bonchev–Trinajstić information content (AvgIpc) is 3.56. The van der Waals surface area contributed by atoms with Gasteiger partial charge in [0.25, 0.3) is 0 Å². The predicted octanol–water partition coefficient (Wildman–Crippen LogP) is 9.36. The van der Waals surface area contributed by atoms with Gasteiger partial charge in [0.2, 0.25) is 0 Å². The maximum atomic E-state index is 4.36. The lowest BCUT2D eigenvalue weighted by molar-refractivity contribution is 1.17. The van der Waals surface area contributed by atoms with Crippen molar-refractivity contribution in [1.29, 1.82) is 0 Å². The van der Waals surface area contributed by atoms with Crippen LogP contribution in [-0.4, -0.2) is 19.1 Å². The molecule has 8 aromatic rings. The molecule has 0 saturated carbocycles. The average molecular weight is 517 g/mol. The minimum atomic E-state index is 1.14. The molecule has 4 aromatic carbocycles. The second kappa shape index (κ2) is 9.83. The second-order valence-electron chi connectivity index (χ2n) is 9.58. The highest BCUT2D eigenvalue weighted by Crippen LogP contribution is 2.34. The summed E-state index contributed by atoms with van der Waals surface area (Å²) in [6.45, 7) is 4.00. The summed E-state index contributed by atoms with van der Waals surface area (Å²) in [5, 5.41) is 4.78. The van der Waals surface area contributed by atoms with Crippen LogP contribution in [0.25, 0.3) is 66.1 Å². The highest BCUT2D eigenvalue weighted by Gasteiger charge is 2.13. The van der Waals surface area contributed by atoms with Gasteiger partial charge in [-0.15, -0.1) is 0 Å². The van der Waals surface area contributed by atoms with Crippen LogP contribution in [0, 0.1) is 0 Å². The summed E-state index contributed by atoms with van der Waals surface area (Å²) >= 11 is 0. The van der Waals surface area contributed by atoms with Gasteiger partial charge in [-0.25, -0.2) is 0 Å². The minimum absolute atomic E-state index is 1.14. The van der Waals surface area contributed by atoms with Crippen molar-refractivity contribution in [2.75, 3.05) is 0 Å². The Morgan fingerprint density at radius 3 is 1.20 bits per heavy atom. The normalized spacial score (nSPS) is 11.2. The van der Waals surface area contributed by atoms with Crippen LogP contribution >= 0.6 is 0 Å². The van der Waals surface area contributed by atoms with Crippen molar-refractivity contribution in [3.8, 4) is 22.5 Å². The molecule has 0 N–H and O–H groups in total. The summed E-state index contributed by atoms with van der Waals surface area (Å²) in [5.41, 5.74) is 9.37. The first kappa shape index (κ1) is 23.9. The molecular weight excluding hydrogens is 488 g/mol. The molecule has 4 heterocycles. The third-order valence-electron chi connectivity index (χ3n) is 7.53. The van der Waals surface area contributed by atoms with Crippen LogP contribution in [0.5, 0.6) is 0 Å². The van der Waals surface area contributed by atoms with Gasteiger partial charge in [0.1, 0.15) is 0 Å². The molecule has 0 aliphatic rings. The number of rotatable bonds is 3. The Hall–Kier alpha value is -5.22. The van der Waals surface area contributed by atoms with Gasteiger partial charge in [-0.2, -0.15) is 0 Å². The van der Waals surface area contributed by atoms with E-state index >= 15 is 0 Å². The fourth-order valence-electron chi connectivity index (χ4n) is 5.79. The van der Waals surface area contributed by atoms with E-state index in [1.807, 2.05) is 38.6 Å². The third-order valence-corrected chi connectivity index (χ3v) is 7.53. The lowest BCUT2D eigenvalue weighted by atomic mass is 10.0. The van der Waals surface area contributed by atoms with E-state index in [2.05, 4.69) is 128 Å². The molecule has 0 aliphatic heterocycles. The zero-order chi connectivity index (χ0) is 27.1. The minimum Gasteiger partial charge on any atom is -0.309 e. The van der Waals surface area contributed by atoms with Crippen molar-refractivity contribution in [3.63, 3.8) is 0 Å². The molecule has 0 aliphatic carbocycles. The van der Waals surface area contributed by atoms with Crippen molar-refractivity contribution in [2.45, 2.75) is 13.8 Å². The quantitative estimate of drug-likeness (QED) is 0.234. The Labute approximate surface area is 232 Å². The van der Waals surface area contributed by atoms with Gasteiger partial charge in [-0.1, -0.05) is 74.5 Å². The van der Waals surface area contributed by atoms with E-state index in [1.165, 1.54) is 54.7 Å². The van der Waals surface area contributed by atoms with E-state index in [4.69, 9.17) is 0 Å². The molecule has 40 heavy (non-hydrogen) atoms. The molecule has 4 heteroatoms. The van der Waals surface area contributed by atoms with Crippen molar-refractivity contribution < 1.29 is 0 Å². The van der Waals surface area contributed by atoms with Gasteiger partial charge in [-0.3, -0.25) is 9.97 Å². The molecule has 0 bridgehead atoms. The summed E-state index contributed by atoms with van der Waals surface area (Å²) in [6.07, 6.45) is 7.64. The maximum absolute atomic E-state index is 4.36. The van der Waals surface area contributed by atoms with Crippen molar-refractivity contribution >= 4 is 43.6 Å². The predicted molar refractivity (Wildman–Crippen MR) is 167 cm³/mol. The Morgan fingerprint density at radius 1 is 0.400 bits per heavy atom. The molecule has 0 amide bonds. The number of fused-ring (bicyclic) bond motifs is 6. The second-order valence-corrected chi connectivity index (χ2v) is 9.58. The van der Waals surface area contributed by atoms with Crippen LogP contribution in [0.4, 0.5) is 0 Å². The Morgan fingerprint density at radius 2 is 0.775 bits per heavy atom. The molecule has 8 rings (SSSR count). The monoisotopic (exact) mass is 516 g/mol. The topological polar surface area (TPSA) is 35.6 Å². The summed E-state index contributed by atoms with van der Waals surface area (Å²) in [4.78, 5) is 8.73. The standard InChI is InChI=1S/C34H22N4.C2H6/c1-3-7-31-27(5-1)29-21-35-19-17-33(29)37(31)25-13-9-23(10-14-25)24-11-15-26(16-12-24)38-32-8-4-2-6-28(32)30-22-36-20-18-34(30)38;1-2/h1-22H;1-2H3. The van der Waals surface area contributed by atoms with Crippen LogP contribution in [0.1, 0.15) is 13.8 Å². The van der Waals surface area contributed by atoms with Crippen molar-refractivity contribution in [3.05, 3.63) is 134 Å². The Kier molecular flexibility index (Phi) is 5.86. The van der Waals surface area contributed by atoms with E-state index in [0.717, 1.165) is 11.4 Å². The van der Waals surface area contributed by atoms with Gasteiger partial charge in [0, 0.05) is 57.7 Å². The molecule has 0 atom stereocenters. The molecule has 4 aromatic heterocycles. The number of hydrogen-bond acceptors (Lipinski definition) is 2. The number of aromatic nitrogens is 4. The van der Waals surface area contributed by atoms with Crippen LogP contribution in [-0.2, 0) is 0 Å². The summed E-state index contributed by atoms with van der Waals surface area (Å²) in [5.74, 6) is 0. The largest absolute Gasteiger partial charge is 0.309 e. The zero-order valence-electron chi connectivity index (χ0n) is 22.5. The highest BCUT2D eigenvalue weighted by molar-refractivity contribution is 6.09. The van der Waals surface area contributed by atoms with Gasteiger partial charge < -0.3 is 9.13 Å².